The molecule has 1 rings (SSSR count). The van der Waals surface area contributed by atoms with Crippen LogP contribution in [0, 0.1) is 5.92 Å². The summed E-state index contributed by atoms with van der Waals surface area (Å²) in [4.78, 5) is 11.5. The highest BCUT2D eigenvalue weighted by Gasteiger charge is 2.16. The van der Waals surface area contributed by atoms with Crippen molar-refractivity contribution in [3.05, 3.63) is 18.7 Å². The number of carbonyl (C=O) groups excluding carboxylic acids is 1. The minimum atomic E-state index is -0.504. The lowest BCUT2D eigenvalue weighted by Crippen LogP contribution is -2.34. The minimum absolute atomic E-state index is 0.310. The Balaban J connectivity index is 2.24. The fourth-order valence-corrected chi connectivity index (χ4v) is 1.60. The van der Waals surface area contributed by atoms with Gasteiger partial charge in [-0.15, -0.1) is 0 Å². The summed E-state index contributed by atoms with van der Waals surface area (Å²) in [6.45, 7) is 5.08. The third kappa shape index (κ3) is 4.99. The number of nitrogens with two attached hydrogens (primary N) is 1. The Kier molecular flexibility index (Phi) is 5.15. The number of hydrogen-bond acceptors (Lipinski definition) is 3. The van der Waals surface area contributed by atoms with Crippen molar-refractivity contribution in [1.29, 1.82) is 0 Å². The molecule has 0 amide bonds. The van der Waals surface area contributed by atoms with E-state index in [1.807, 2.05) is 48.8 Å². The molecule has 5 heteroatoms. The topological polar surface area (TPSA) is 61.1 Å². The highest BCUT2D eigenvalue weighted by atomic mass is 16.5. The fourth-order valence-electron chi connectivity index (χ4n) is 1.60. The zero-order valence-corrected chi connectivity index (χ0v) is 10.8. The van der Waals surface area contributed by atoms with Gasteiger partial charge in [0.25, 0.3) is 0 Å². The van der Waals surface area contributed by atoms with E-state index in [9.17, 15) is 4.79 Å². The van der Waals surface area contributed by atoms with Crippen molar-refractivity contribution in [2.45, 2.75) is 32.9 Å². The zero-order valence-electron chi connectivity index (χ0n) is 10.8. The molecule has 0 radical (unpaired) electrons. The summed E-state index contributed by atoms with van der Waals surface area (Å²) in [6, 6.07) is -0.504. The first-order chi connectivity index (χ1) is 7.99. The normalized spacial score (nSPS) is 12.8. The number of nitrogens with zero attached hydrogens (tertiary/aromatic N) is 2. The summed E-state index contributed by atoms with van der Waals surface area (Å²) in [5.41, 5.74) is 5.72. The molecule has 0 fully saturated rings. The van der Waals surface area contributed by atoms with Gasteiger partial charge in [-0.25, -0.2) is 9.13 Å². The van der Waals surface area contributed by atoms with Gasteiger partial charge in [0, 0.05) is 0 Å². The van der Waals surface area contributed by atoms with Crippen molar-refractivity contribution >= 4 is 5.97 Å². The van der Waals surface area contributed by atoms with Crippen LogP contribution in [0.25, 0.3) is 0 Å². The maximum atomic E-state index is 11.5. The number of hydrogen-bond donors (Lipinski definition) is 1. The van der Waals surface area contributed by atoms with Crippen LogP contribution < -0.4 is 10.3 Å². The second-order valence-electron chi connectivity index (χ2n) is 4.72. The summed E-state index contributed by atoms with van der Waals surface area (Å²) in [6.07, 6.45) is 6.47. The highest BCUT2D eigenvalue weighted by molar-refractivity contribution is 5.75. The number of rotatable bonds is 6. The van der Waals surface area contributed by atoms with Gasteiger partial charge < -0.3 is 10.5 Å². The average molecular weight is 240 g/mol. The smallest absolute Gasteiger partial charge is 0.323 e. The molecule has 1 aromatic heterocycles. The molecule has 0 bridgehead atoms. The van der Waals surface area contributed by atoms with Crippen LogP contribution >= 0.6 is 0 Å². The summed E-state index contributed by atoms with van der Waals surface area (Å²) in [5.74, 6) is 0.0938. The number of imidazole rings is 1. The number of carbonyl (C=O) groups is 1. The monoisotopic (exact) mass is 240 g/mol. The Labute approximate surface area is 102 Å². The van der Waals surface area contributed by atoms with Crippen LogP contribution in [0.5, 0.6) is 0 Å². The Morgan fingerprint density at radius 3 is 2.76 bits per heavy atom. The Morgan fingerprint density at radius 2 is 2.24 bits per heavy atom. The van der Waals surface area contributed by atoms with E-state index in [0.29, 0.717) is 25.5 Å². The van der Waals surface area contributed by atoms with Gasteiger partial charge in [0.2, 0.25) is 6.33 Å². The third-order valence-corrected chi connectivity index (χ3v) is 2.45. The molecule has 0 aliphatic rings. The first-order valence-electron chi connectivity index (χ1n) is 5.92. The van der Waals surface area contributed by atoms with Gasteiger partial charge in [0.05, 0.1) is 7.05 Å². The fraction of sp³-hybridized carbons (Fsp3) is 0.667. The molecule has 0 aromatic carbocycles. The predicted molar refractivity (Wildman–Crippen MR) is 64.0 cm³/mol. The van der Waals surface area contributed by atoms with Crippen molar-refractivity contribution in [1.82, 2.24) is 4.57 Å². The highest BCUT2D eigenvalue weighted by Crippen LogP contribution is 2.03. The second-order valence-corrected chi connectivity index (χ2v) is 4.72. The first-order valence-corrected chi connectivity index (χ1v) is 5.92. The summed E-state index contributed by atoms with van der Waals surface area (Å²) in [5, 5.41) is 0. The van der Waals surface area contributed by atoms with Crippen LogP contribution in [0.1, 0.15) is 20.3 Å². The maximum absolute atomic E-state index is 11.5. The van der Waals surface area contributed by atoms with Gasteiger partial charge in [0.15, 0.2) is 0 Å². The molecule has 0 aliphatic carbocycles. The van der Waals surface area contributed by atoms with Gasteiger partial charge in [-0.3, -0.25) is 4.79 Å². The number of aromatic nitrogens is 2. The van der Waals surface area contributed by atoms with Crippen molar-refractivity contribution in [2.24, 2.45) is 18.7 Å². The van der Waals surface area contributed by atoms with Crippen molar-refractivity contribution in [2.75, 3.05) is 6.61 Å². The Morgan fingerprint density at radius 1 is 1.53 bits per heavy atom. The van der Waals surface area contributed by atoms with E-state index >= 15 is 0 Å². The molecule has 0 aliphatic heterocycles. The first kappa shape index (κ1) is 13.7. The van der Waals surface area contributed by atoms with Crippen LogP contribution in [0.15, 0.2) is 18.7 Å². The van der Waals surface area contributed by atoms with Gasteiger partial charge in [-0.1, -0.05) is 13.8 Å². The maximum Gasteiger partial charge on any atom is 0.323 e. The molecule has 17 heavy (non-hydrogen) atoms. The van der Waals surface area contributed by atoms with Crippen molar-refractivity contribution in [3.8, 4) is 0 Å². The summed E-state index contributed by atoms with van der Waals surface area (Å²) >= 11 is 0. The Hall–Kier alpha value is -1.36. The second kappa shape index (κ2) is 6.39. The largest absolute Gasteiger partial charge is 0.460 e. The van der Waals surface area contributed by atoms with Crippen LogP contribution in [0.3, 0.4) is 0 Å². The molecule has 0 saturated carbocycles. The predicted octanol–water partition coefficient (Wildman–Crippen LogP) is 0.229. The van der Waals surface area contributed by atoms with Gasteiger partial charge in [0.1, 0.15) is 31.6 Å². The molecule has 1 aromatic rings. The van der Waals surface area contributed by atoms with Crippen LogP contribution in [0.2, 0.25) is 0 Å². The molecule has 0 saturated heterocycles. The summed E-state index contributed by atoms with van der Waals surface area (Å²) < 4.78 is 9.02. The van der Waals surface area contributed by atoms with Gasteiger partial charge in [-0.2, -0.15) is 0 Å². The molecule has 96 valence electrons. The number of ether oxygens (including phenoxy) is 1. The van der Waals surface area contributed by atoms with Crippen LogP contribution in [-0.4, -0.2) is 23.2 Å². The van der Waals surface area contributed by atoms with E-state index in [1.54, 1.807) is 0 Å². The zero-order chi connectivity index (χ0) is 12.8. The molecular weight excluding hydrogens is 218 g/mol. The van der Waals surface area contributed by atoms with E-state index in [-0.39, 0.29) is 5.97 Å². The van der Waals surface area contributed by atoms with E-state index < -0.39 is 6.04 Å². The lowest BCUT2D eigenvalue weighted by atomic mass is 10.1. The molecule has 0 spiro atoms. The van der Waals surface area contributed by atoms with E-state index in [4.69, 9.17) is 10.5 Å². The third-order valence-electron chi connectivity index (χ3n) is 2.45. The molecule has 1 heterocycles. The quantitative estimate of drug-likeness (QED) is 0.572. The lowest BCUT2D eigenvalue weighted by molar-refractivity contribution is -0.671. The van der Waals surface area contributed by atoms with Gasteiger partial charge in [-0.05, 0) is 12.3 Å². The lowest BCUT2D eigenvalue weighted by Gasteiger charge is -2.12. The minimum Gasteiger partial charge on any atom is -0.460 e. The SMILES string of the molecule is CC(C)C[C@H](N)C(=O)OCCn1cc[n+](C)c1. The summed E-state index contributed by atoms with van der Waals surface area (Å²) in [7, 11) is 1.95. The van der Waals surface area contributed by atoms with Crippen molar-refractivity contribution in [3.63, 3.8) is 0 Å². The average Bonchev–Trinajstić information content (AvgIpc) is 2.63. The van der Waals surface area contributed by atoms with Crippen molar-refractivity contribution < 1.29 is 14.1 Å². The molecule has 2 N–H and O–H groups in total. The molecule has 5 nitrogen and oxygen atoms in total. The molecule has 1 atom stereocenters. The van der Waals surface area contributed by atoms with Crippen LogP contribution in [0.4, 0.5) is 0 Å². The van der Waals surface area contributed by atoms with E-state index in [1.165, 1.54) is 0 Å². The Bertz CT molecular complexity index is 360. The molecular formula is C12H22N3O2+. The molecule has 0 unspecified atom stereocenters. The van der Waals surface area contributed by atoms with E-state index in [2.05, 4.69) is 0 Å². The standard InChI is InChI=1S/C12H22N3O2/c1-10(2)8-11(13)12(16)17-7-6-15-5-4-14(3)9-15/h4-5,9-11H,6-8,13H2,1-3H3/q+1/t11-/m0/s1. The van der Waals surface area contributed by atoms with Crippen LogP contribution in [-0.2, 0) is 23.1 Å². The van der Waals surface area contributed by atoms with Gasteiger partial charge >= 0.3 is 5.97 Å². The van der Waals surface area contributed by atoms with E-state index in [0.717, 1.165) is 0 Å². The number of esters is 1. The number of aryl methyl sites for hydroxylation is 1.